The Morgan fingerprint density at radius 3 is 2.58 bits per heavy atom. The average Bonchev–Trinajstić information content (AvgIpc) is 3.58. The first-order valence-corrected chi connectivity index (χ1v) is 12.5. The number of anilines is 1. The molecule has 198 valence electrons. The van der Waals surface area contributed by atoms with Crippen LogP contribution < -0.4 is 16.0 Å². The van der Waals surface area contributed by atoms with Gasteiger partial charge in [-0.15, -0.1) is 0 Å². The minimum atomic E-state index is -4.38. The van der Waals surface area contributed by atoms with Crippen LogP contribution in [-0.4, -0.2) is 52.2 Å². The SMILES string of the molecule is CN(c1cc2nc([C@@H](N)C3CCC(F)(F)CC3)cn2nc1CC1C[C@@H](C(F)(F)F)CNC1=O)C1CC1. The third kappa shape index (κ3) is 5.14. The van der Waals surface area contributed by atoms with Crippen molar-refractivity contribution >= 4 is 17.2 Å². The van der Waals surface area contributed by atoms with E-state index in [1.54, 1.807) is 6.20 Å². The van der Waals surface area contributed by atoms with E-state index < -0.39 is 42.4 Å². The van der Waals surface area contributed by atoms with Gasteiger partial charge in [0.05, 0.1) is 35.2 Å². The van der Waals surface area contributed by atoms with Crippen molar-refractivity contribution in [1.82, 2.24) is 19.9 Å². The molecule has 2 saturated carbocycles. The van der Waals surface area contributed by atoms with E-state index in [4.69, 9.17) is 5.73 Å². The summed E-state index contributed by atoms with van der Waals surface area (Å²) in [7, 11) is 1.91. The van der Waals surface area contributed by atoms with E-state index >= 15 is 0 Å². The lowest BCUT2D eigenvalue weighted by Gasteiger charge is -2.31. The maximum atomic E-state index is 13.6. The number of rotatable bonds is 6. The van der Waals surface area contributed by atoms with Crippen LogP contribution in [0.25, 0.3) is 5.65 Å². The molecule has 0 bridgehead atoms. The van der Waals surface area contributed by atoms with Gasteiger partial charge in [0.25, 0.3) is 0 Å². The minimum Gasteiger partial charge on any atom is -0.370 e. The van der Waals surface area contributed by atoms with Gasteiger partial charge in [-0.3, -0.25) is 4.79 Å². The molecule has 1 unspecified atom stereocenters. The van der Waals surface area contributed by atoms with Gasteiger partial charge >= 0.3 is 6.18 Å². The molecule has 0 spiro atoms. The highest BCUT2D eigenvalue weighted by molar-refractivity contribution is 5.80. The number of nitrogens with one attached hydrogen (secondary N) is 1. The first kappa shape index (κ1) is 25.2. The van der Waals surface area contributed by atoms with Crippen molar-refractivity contribution in [3.8, 4) is 0 Å². The molecule has 36 heavy (non-hydrogen) atoms. The molecule has 7 nitrogen and oxygen atoms in total. The molecule has 3 fully saturated rings. The molecule has 3 N–H and O–H groups in total. The summed E-state index contributed by atoms with van der Waals surface area (Å²) in [6.45, 7) is -0.407. The second-order valence-corrected chi connectivity index (χ2v) is 10.6. The van der Waals surface area contributed by atoms with Crippen LogP contribution in [0, 0.1) is 17.8 Å². The number of carbonyl (C=O) groups excluding carboxylic acids is 1. The largest absolute Gasteiger partial charge is 0.393 e. The predicted molar refractivity (Wildman–Crippen MR) is 123 cm³/mol. The Kier molecular flexibility index (Phi) is 6.37. The number of halogens is 5. The molecule has 12 heteroatoms. The molecule has 1 aliphatic heterocycles. The van der Waals surface area contributed by atoms with Crippen molar-refractivity contribution < 1.29 is 26.7 Å². The van der Waals surface area contributed by atoms with Gasteiger partial charge in [0.1, 0.15) is 0 Å². The van der Waals surface area contributed by atoms with Crippen molar-refractivity contribution in [3.63, 3.8) is 0 Å². The van der Waals surface area contributed by atoms with Gasteiger partial charge in [-0.2, -0.15) is 18.3 Å². The van der Waals surface area contributed by atoms with Gasteiger partial charge < -0.3 is 16.0 Å². The highest BCUT2D eigenvalue weighted by Crippen LogP contribution is 2.41. The summed E-state index contributed by atoms with van der Waals surface area (Å²) in [5.41, 5.74) is 8.74. The van der Waals surface area contributed by atoms with Crippen molar-refractivity contribution in [1.29, 1.82) is 0 Å². The van der Waals surface area contributed by atoms with Gasteiger partial charge in [0.2, 0.25) is 11.8 Å². The lowest BCUT2D eigenvalue weighted by atomic mass is 9.81. The summed E-state index contributed by atoms with van der Waals surface area (Å²) in [6, 6.07) is 1.61. The van der Waals surface area contributed by atoms with Crippen molar-refractivity contribution in [2.45, 2.75) is 75.5 Å². The molecule has 0 aromatic carbocycles. The van der Waals surface area contributed by atoms with Crippen LogP contribution in [0.1, 0.15) is 62.4 Å². The zero-order valence-electron chi connectivity index (χ0n) is 20.1. The number of amides is 1. The standard InChI is InChI=1S/C24H31F5N6O/c1-34(16-2-3-16)19-10-20-32-18(21(30)13-4-6-23(25,26)7-5-13)12-35(20)33-17(19)9-14-8-15(24(27,28)29)11-31-22(14)36/h10,12-16,21H,2-9,11,30H2,1H3,(H,31,36)/t14?,15-,21+/m1/s1. The van der Waals surface area contributed by atoms with E-state index in [1.165, 1.54) is 4.52 Å². The molecule has 5 rings (SSSR count). The molecule has 2 aromatic heterocycles. The Bertz CT molecular complexity index is 1120. The molecular weight excluding hydrogens is 483 g/mol. The number of fused-ring (bicyclic) bond motifs is 1. The zero-order valence-corrected chi connectivity index (χ0v) is 20.1. The summed E-state index contributed by atoms with van der Waals surface area (Å²) < 4.78 is 68.7. The molecule has 0 radical (unpaired) electrons. The normalized spacial score (nSPS) is 26.1. The van der Waals surface area contributed by atoms with Gasteiger partial charge in [-0.05, 0) is 38.0 Å². The smallest absolute Gasteiger partial charge is 0.370 e. The number of nitrogens with zero attached hydrogens (tertiary/aromatic N) is 4. The maximum absolute atomic E-state index is 13.6. The number of alkyl halides is 5. The van der Waals surface area contributed by atoms with E-state index in [0.29, 0.717) is 35.9 Å². The number of nitrogens with two attached hydrogens (primary N) is 1. The van der Waals surface area contributed by atoms with Crippen molar-refractivity contribution in [3.05, 3.63) is 23.7 Å². The van der Waals surface area contributed by atoms with Crippen LogP contribution in [0.5, 0.6) is 0 Å². The summed E-state index contributed by atoms with van der Waals surface area (Å²) in [5, 5.41) is 7.07. The number of aromatic nitrogens is 3. The van der Waals surface area contributed by atoms with Crippen molar-refractivity contribution in [2.24, 2.45) is 23.5 Å². The van der Waals surface area contributed by atoms with Gasteiger partial charge in [-0.25, -0.2) is 18.3 Å². The molecule has 2 aromatic rings. The molecule has 3 aliphatic rings. The lowest BCUT2D eigenvalue weighted by Crippen LogP contribution is -2.47. The Balaban J connectivity index is 1.43. The number of piperidine rings is 1. The third-order valence-corrected chi connectivity index (χ3v) is 7.97. The van der Waals surface area contributed by atoms with Crippen LogP contribution >= 0.6 is 0 Å². The number of carbonyl (C=O) groups is 1. The maximum Gasteiger partial charge on any atom is 0.393 e. The highest BCUT2D eigenvalue weighted by Gasteiger charge is 2.45. The zero-order chi connectivity index (χ0) is 25.8. The quantitative estimate of drug-likeness (QED) is 0.569. The minimum absolute atomic E-state index is 0.0675. The molecule has 1 amide bonds. The van der Waals surface area contributed by atoms with Crippen LogP contribution in [0.15, 0.2) is 12.3 Å². The Hall–Kier alpha value is -2.50. The fourth-order valence-electron chi connectivity index (χ4n) is 5.46. The topological polar surface area (TPSA) is 88.6 Å². The molecule has 2 aliphatic carbocycles. The van der Waals surface area contributed by atoms with Crippen LogP contribution in [0.2, 0.25) is 0 Å². The molecule has 1 saturated heterocycles. The average molecular weight is 515 g/mol. The Labute approximate surface area is 205 Å². The monoisotopic (exact) mass is 514 g/mol. The van der Waals surface area contributed by atoms with Gasteiger partial charge in [0, 0.05) is 50.9 Å². The summed E-state index contributed by atoms with van der Waals surface area (Å²) in [4.78, 5) is 19.1. The summed E-state index contributed by atoms with van der Waals surface area (Å²) >= 11 is 0. The van der Waals surface area contributed by atoms with E-state index in [9.17, 15) is 26.7 Å². The highest BCUT2D eigenvalue weighted by atomic mass is 19.4. The first-order valence-electron chi connectivity index (χ1n) is 12.5. The molecule has 3 atom stereocenters. The van der Waals surface area contributed by atoms with Gasteiger partial charge in [-0.1, -0.05) is 0 Å². The summed E-state index contributed by atoms with van der Waals surface area (Å²) in [5.74, 6) is -5.61. The molecule has 3 heterocycles. The van der Waals surface area contributed by atoms with E-state index in [2.05, 4.69) is 15.4 Å². The number of imidazole rings is 1. The number of hydrogen-bond acceptors (Lipinski definition) is 5. The second kappa shape index (κ2) is 9.11. The van der Waals surface area contributed by atoms with Gasteiger partial charge in [0.15, 0.2) is 5.65 Å². The van der Waals surface area contributed by atoms with Crippen LogP contribution in [-0.2, 0) is 11.2 Å². The van der Waals surface area contributed by atoms with E-state index in [0.717, 1.165) is 18.5 Å². The van der Waals surface area contributed by atoms with Crippen molar-refractivity contribution in [2.75, 3.05) is 18.5 Å². The van der Waals surface area contributed by atoms with Crippen LogP contribution in [0.4, 0.5) is 27.6 Å². The molecular formula is C24H31F5N6O. The fourth-order valence-corrected chi connectivity index (χ4v) is 5.46. The summed E-state index contributed by atoms with van der Waals surface area (Å²) in [6.07, 6.45) is -0.699. The third-order valence-electron chi connectivity index (χ3n) is 7.97. The number of hydrogen-bond donors (Lipinski definition) is 2. The lowest BCUT2D eigenvalue weighted by molar-refractivity contribution is -0.183. The van der Waals surface area contributed by atoms with E-state index in [1.807, 2.05) is 18.0 Å². The Morgan fingerprint density at radius 2 is 1.94 bits per heavy atom. The Morgan fingerprint density at radius 1 is 1.25 bits per heavy atom. The second-order valence-electron chi connectivity index (χ2n) is 10.6. The fraction of sp³-hybridized carbons (Fsp3) is 0.708. The van der Waals surface area contributed by atoms with Crippen LogP contribution in [0.3, 0.4) is 0 Å². The first-order chi connectivity index (χ1) is 16.9. The predicted octanol–water partition coefficient (Wildman–Crippen LogP) is 4.01. The van der Waals surface area contributed by atoms with E-state index in [-0.39, 0.29) is 31.6 Å².